The molecule has 0 aliphatic carbocycles. The summed E-state index contributed by atoms with van der Waals surface area (Å²) in [7, 11) is 0. The van der Waals surface area contributed by atoms with E-state index in [-0.39, 0.29) is 23.2 Å². The van der Waals surface area contributed by atoms with Crippen LogP contribution in [0.15, 0.2) is 65.8 Å². The quantitative estimate of drug-likeness (QED) is 0.186. The third kappa shape index (κ3) is 7.91. The maximum atomic E-state index is 15.3. The Balaban J connectivity index is 1.30. The topological polar surface area (TPSA) is 137 Å². The monoisotopic (exact) mass is 703 g/mol. The molecular formula is C36H39ClFN7O5. The van der Waals surface area contributed by atoms with Crippen LogP contribution >= 0.6 is 11.6 Å². The minimum absolute atomic E-state index is 0.0354. The summed E-state index contributed by atoms with van der Waals surface area (Å²) in [6.07, 6.45) is 6.18. The number of esters is 1. The number of nitrogens with one attached hydrogen (secondary N) is 4. The van der Waals surface area contributed by atoms with Gasteiger partial charge in [-0.3, -0.25) is 9.59 Å². The second-order valence-electron chi connectivity index (χ2n) is 13.1. The van der Waals surface area contributed by atoms with Crippen LogP contribution in [0, 0.1) is 5.82 Å². The van der Waals surface area contributed by atoms with Crippen molar-refractivity contribution in [1.29, 1.82) is 0 Å². The van der Waals surface area contributed by atoms with E-state index in [1.807, 2.05) is 18.2 Å². The third-order valence-electron chi connectivity index (χ3n) is 8.45. The fourth-order valence-electron chi connectivity index (χ4n) is 6.09. The maximum Gasteiger partial charge on any atom is 0.338 e. The molecule has 14 heteroatoms. The Morgan fingerprint density at radius 3 is 2.52 bits per heavy atom. The van der Waals surface area contributed by atoms with Crippen molar-refractivity contribution >= 4 is 53.2 Å². The Kier molecular flexibility index (Phi) is 10.4. The first-order valence-electron chi connectivity index (χ1n) is 16.4. The standard InChI is InChI=1S/C36H39ClFN7O5/c1-36(2,3)50-35(48)22-7-9-23(10-8-22)41-34(47)33-26-5-4-6-30(49-24-15-18-39-19-16-24)25(26)17-20-44(33)31(46)14-11-27-29(45-21-40-42-43-45)13-12-28(37)32(27)38/h4-14,21,24,33,39,42-43H,15-20H2,1-3H3,(H,41,47)/b14-11+. The number of halogens is 2. The molecule has 0 spiro atoms. The Bertz CT molecular complexity index is 1820. The Morgan fingerprint density at radius 2 is 1.82 bits per heavy atom. The summed E-state index contributed by atoms with van der Waals surface area (Å²) in [5, 5.41) is 11.4. The number of carbonyl (C=O) groups is 3. The van der Waals surface area contributed by atoms with Gasteiger partial charge in [0.05, 0.1) is 16.3 Å². The van der Waals surface area contributed by atoms with Gasteiger partial charge in [-0.2, -0.15) is 5.10 Å². The number of rotatable bonds is 8. The number of benzene rings is 3. The minimum atomic E-state index is -1.04. The molecule has 4 N–H and O–H groups in total. The molecule has 0 aromatic heterocycles. The van der Waals surface area contributed by atoms with Crippen LogP contribution in [0.2, 0.25) is 5.02 Å². The highest BCUT2D eigenvalue weighted by Gasteiger charge is 2.37. The van der Waals surface area contributed by atoms with Gasteiger partial charge in [0, 0.05) is 29.4 Å². The first-order chi connectivity index (χ1) is 24.0. The highest BCUT2D eigenvalue weighted by Crippen LogP contribution is 2.37. The van der Waals surface area contributed by atoms with Gasteiger partial charge in [0.2, 0.25) is 5.91 Å². The van der Waals surface area contributed by atoms with E-state index in [1.54, 1.807) is 51.1 Å². The van der Waals surface area contributed by atoms with Gasteiger partial charge in [-0.1, -0.05) is 23.7 Å². The molecule has 0 saturated carbocycles. The molecule has 50 heavy (non-hydrogen) atoms. The number of hydrogen-bond donors (Lipinski definition) is 4. The van der Waals surface area contributed by atoms with Gasteiger partial charge in [0.1, 0.15) is 29.8 Å². The predicted octanol–water partition coefficient (Wildman–Crippen LogP) is 5.12. The van der Waals surface area contributed by atoms with E-state index >= 15 is 4.39 Å². The highest BCUT2D eigenvalue weighted by molar-refractivity contribution is 6.31. The van der Waals surface area contributed by atoms with E-state index in [1.165, 1.54) is 34.5 Å². The lowest BCUT2D eigenvalue weighted by atomic mass is 9.90. The number of amides is 2. The number of piperidine rings is 1. The average Bonchev–Trinajstić information content (AvgIpc) is 3.63. The summed E-state index contributed by atoms with van der Waals surface area (Å²) < 4.78 is 27.2. The number of hydrazone groups is 1. The van der Waals surface area contributed by atoms with E-state index in [0.717, 1.165) is 31.5 Å². The fraction of sp³-hybridized carbons (Fsp3) is 0.333. The van der Waals surface area contributed by atoms with Gasteiger partial charge < -0.3 is 25.0 Å². The van der Waals surface area contributed by atoms with Crippen LogP contribution in [-0.4, -0.2) is 60.4 Å². The predicted molar refractivity (Wildman–Crippen MR) is 189 cm³/mol. The molecule has 1 unspecified atom stereocenters. The van der Waals surface area contributed by atoms with Gasteiger partial charge >= 0.3 is 5.97 Å². The first kappa shape index (κ1) is 34.9. The molecule has 1 atom stereocenters. The lowest BCUT2D eigenvalue weighted by molar-refractivity contribution is -0.135. The molecule has 3 heterocycles. The third-order valence-corrected chi connectivity index (χ3v) is 8.74. The minimum Gasteiger partial charge on any atom is -0.490 e. The molecule has 3 aliphatic rings. The number of ether oxygens (including phenoxy) is 2. The molecule has 2 amide bonds. The summed E-state index contributed by atoms with van der Waals surface area (Å²) in [5.74, 6) is -1.48. The average molecular weight is 704 g/mol. The van der Waals surface area contributed by atoms with Crippen molar-refractivity contribution in [3.63, 3.8) is 0 Å². The van der Waals surface area contributed by atoms with Crippen molar-refractivity contribution in [1.82, 2.24) is 21.3 Å². The van der Waals surface area contributed by atoms with E-state index in [4.69, 9.17) is 21.1 Å². The summed E-state index contributed by atoms with van der Waals surface area (Å²) in [6, 6.07) is 13.9. The molecule has 12 nitrogen and oxygen atoms in total. The second-order valence-corrected chi connectivity index (χ2v) is 13.5. The molecule has 3 aromatic rings. The van der Waals surface area contributed by atoms with Crippen LogP contribution in [-0.2, 0) is 20.7 Å². The molecule has 3 aliphatic heterocycles. The van der Waals surface area contributed by atoms with Crippen LogP contribution in [0.1, 0.15) is 66.7 Å². The normalized spacial score (nSPS) is 17.7. The SMILES string of the molecule is CC(C)(C)OC(=O)c1ccc(NC(=O)C2c3cccc(OC4CCNCC4)c3CCN2C(=O)/C=C/c2c(N3C=NNN3)ccc(Cl)c2F)cc1. The second kappa shape index (κ2) is 14.9. The van der Waals surface area contributed by atoms with E-state index < -0.39 is 35.2 Å². The number of fused-ring (bicyclic) bond motifs is 1. The lowest BCUT2D eigenvalue weighted by Crippen LogP contribution is -2.45. The fourth-order valence-corrected chi connectivity index (χ4v) is 6.26. The Labute approximate surface area is 294 Å². The van der Waals surface area contributed by atoms with Crippen LogP contribution in [0.4, 0.5) is 15.8 Å². The molecule has 1 fully saturated rings. The first-order valence-corrected chi connectivity index (χ1v) is 16.8. The van der Waals surface area contributed by atoms with Crippen LogP contribution in [0.25, 0.3) is 6.08 Å². The lowest BCUT2D eigenvalue weighted by Gasteiger charge is -2.37. The van der Waals surface area contributed by atoms with E-state index in [0.29, 0.717) is 34.7 Å². The zero-order valence-electron chi connectivity index (χ0n) is 28.0. The molecule has 262 valence electrons. The summed E-state index contributed by atoms with van der Waals surface area (Å²) in [5.41, 5.74) is 7.31. The summed E-state index contributed by atoms with van der Waals surface area (Å²) >= 11 is 6.11. The summed E-state index contributed by atoms with van der Waals surface area (Å²) in [4.78, 5) is 42.1. The van der Waals surface area contributed by atoms with Gasteiger partial charge in [0.15, 0.2) is 5.82 Å². The number of hydrogen-bond acceptors (Lipinski definition) is 10. The Morgan fingerprint density at radius 1 is 1.06 bits per heavy atom. The van der Waals surface area contributed by atoms with Crippen LogP contribution in [0.5, 0.6) is 5.75 Å². The van der Waals surface area contributed by atoms with Gasteiger partial charge in [0.25, 0.3) is 5.91 Å². The zero-order valence-corrected chi connectivity index (χ0v) is 28.7. The van der Waals surface area contributed by atoms with Crippen LogP contribution in [0.3, 0.4) is 0 Å². The van der Waals surface area contributed by atoms with E-state index in [2.05, 4.69) is 26.8 Å². The molecular weight excluding hydrogens is 665 g/mol. The molecule has 6 rings (SSSR count). The number of nitrogens with zero attached hydrogens (tertiary/aromatic N) is 3. The van der Waals surface area contributed by atoms with E-state index in [9.17, 15) is 14.4 Å². The number of hydrazine groups is 2. The van der Waals surface area contributed by atoms with Crippen LogP contribution < -0.4 is 31.4 Å². The maximum absolute atomic E-state index is 15.3. The number of carbonyl (C=O) groups excluding carboxylic acids is 3. The van der Waals surface area contributed by atoms with Crippen molar-refractivity contribution in [3.05, 3.63) is 93.8 Å². The van der Waals surface area contributed by atoms with Crippen molar-refractivity contribution in [2.75, 3.05) is 30.0 Å². The van der Waals surface area contributed by atoms with Crippen molar-refractivity contribution in [2.45, 2.75) is 57.8 Å². The Hall–Kier alpha value is -4.98. The van der Waals surface area contributed by atoms with Gasteiger partial charge in [-0.05, 0) is 107 Å². The number of anilines is 2. The molecule has 0 radical (unpaired) electrons. The highest BCUT2D eigenvalue weighted by atomic mass is 35.5. The van der Waals surface area contributed by atoms with Crippen molar-refractivity contribution in [2.24, 2.45) is 5.10 Å². The van der Waals surface area contributed by atoms with Crippen molar-refractivity contribution in [3.8, 4) is 5.75 Å². The van der Waals surface area contributed by atoms with Gasteiger partial charge in [-0.25, -0.2) is 19.7 Å². The van der Waals surface area contributed by atoms with Crippen molar-refractivity contribution < 1.29 is 28.2 Å². The van der Waals surface area contributed by atoms with Gasteiger partial charge in [-0.15, -0.1) is 5.53 Å². The molecule has 3 aromatic carbocycles. The summed E-state index contributed by atoms with van der Waals surface area (Å²) in [6.45, 7) is 7.28. The smallest absolute Gasteiger partial charge is 0.338 e. The largest absolute Gasteiger partial charge is 0.490 e. The zero-order chi connectivity index (χ0) is 35.4. The molecule has 1 saturated heterocycles. The molecule has 0 bridgehead atoms.